The number of nitrogens with zero attached hydrogens (tertiary/aromatic N) is 3. The predicted molar refractivity (Wildman–Crippen MR) is 118 cm³/mol. The van der Waals surface area contributed by atoms with Gasteiger partial charge < -0.3 is 5.32 Å². The highest BCUT2D eigenvalue weighted by Crippen LogP contribution is 2.29. The molecule has 9 nitrogen and oxygen atoms in total. The highest BCUT2D eigenvalue weighted by atomic mass is 32.2. The number of anilines is 1. The number of sulfonamides is 1. The first kappa shape index (κ1) is 22.9. The van der Waals surface area contributed by atoms with Crippen LogP contribution in [0.4, 0.5) is 11.4 Å². The van der Waals surface area contributed by atoms with E-state index in [-0.39, 0.29) is 30.2 Å². The highest BCUT2D eigenvalue weighted by Gasteiger charge is 2.34. The molecule has 0 bridgehead atoms. The number of piperazine rings is 1. The maximum Gasteiger partial charge on any atom is 0.293 e. The first-order valence-corrected chi connectivity index (χ1v) is 11.7. The van der Waals surface area contributed by atoms with Crippen molar-refractivity contribution in [1.82, 2.24) is 9.21 Å². The van der Waals surface area contributed by atoms with Crippen LogP contribution in [0, 0.1) is 17.0 Å². The third-order valence-corrected chi connectivity index (χ3v) is 7.25. The SMILES string of the molecule is CCS(=O)(=O)N1CCN(C(C(=O)Nc2ccc(C)cc2[N+](=O)[O-])c2ccccc2)CC1. The minimum absolute atomic E-state index is 0.0344. The van der Waals surface area contributed by atoms with Crippen LogP contribution < -0.4 is 5.32 Å². The number of carbonyl (C=O) groups excluding carboxylic acids is 1. The number of benzene rings is 2. The Morgan fingerprint density at radius 3 is 2.35 bits per heavy atom. The molecule has 1 unspecified atom stereocenters. The lowest BCUT2D eigenvalue weighted by Gasteiger charge is -2.38. The number of hydrogen-bond acceptors (Lipinski definition) is 6. The number of amides is 1. The molecule has 1 N–H and O–H groups in total. The topological polar surface area (TPSA) is 113 Å². The molecule has 1 atom stereocenters. The second-order valence-electron chi connectivity index (χ2n) is 7.42. The van der Waals surface area contributed by atoms with Crippen molar-refractivity contribution in [3.05, 3.63) is 69.8 Å². The van der Waals surface area contributed by atoms with E-state index in [9.17, 15) is 23.3 Å². The van der Waals surface area contributed by atoms with Crippen LogP contribution in [-0.2, 0) is 14.8 Å². The van der Waals surface area contributed by atoms with Crippen molar-refractivity contribution in [1.29, 1.82) is 0 Å². The molecule has 2 aromatic rings. The number of carbonyl (C=O) groups is 1. The van der Waals surface area contributed by atoms with Crippen molar-refractivity contribution in [2.24, 2.45) is 0 Å². The van der Waals surface area contributed by atoms with Gasteiger partial charge in [0, 0.05) is 32.2 Å². The van der Waals surface area contributed by atoms with E-state index in [0.717, 1.165) is 11.1 Å². The lowest BCUT2D eigenvalue weighted by Crippen LogP contribution is -2.51. The molecule has 10 heteroatoms. The van der Waals surface area contributed by atoms with Gasteiger partial charge in [-0.25, -0.2) is 8.42 Å². The van der Waals surface area contributed by atoms with Crippen LogP contribution in [0.3, 0.4) is 0 Å². The number of nitro groups is 1. The molecule has 1 aliphatic rings. The van der Waals surface area contributed by atoms with Crippen molar-refractivity contribution in [3.63, 3.8) is 0 Å². The first-order chi connectivity index (χ1) is 14.7. The second-order valence-corrected chi connectivity index (χ2v) is 9.67. The molecular formula is C21H26N4O5S. The second kappa shape index (κ2) is 9.54. The molecule has 2 aromatic carbocycles. The molecule has 0 aromatic heterocycles. The Morgan fingerprint density at radius 1 is 1.13 bits per heavy atom. The van der Waals surface area contributed by atoms with Crippen LogP contribution in [0.5, 0.6) is 0 Å². The molecule has 166 valence electrons. The van der Waals surface area contributed by atoms with Crippen molar-refractivity contribution in [2.75, 3.05) is 37.2 Å². The van der Waals surface area contributed by atoms with Gasteiger partial charge in [0.1, 0.15) is 11.7 Å². The molecule has 0 spiro atoms. The van der Waals surface area contributed by atoms with E-state index in [4.69, 9.17) is 0 Å². The summed E-state index contributed by atoms with van der Waals surface area (Å²) in [5.74, 6) is -0.364. The molecule has 1 amide bonds. The summed E-state index contributed by atoms with van der Waals surface area (Å²) in [6, 6.07) is 13.1. The number of aryl methyl sites for hydroxylation is 1. The van der Waals surface area contributed by atoms with E-state index in [2.05, 4.69) is 5.32 Å². The lowest BCUT2D eigenvalue weighted by molar-refractivity contribution is -0.384. The zero-order chi connectivity index (χ0) is 22.6. The summed E-state index contributed by atoms with van der Waals surface area (Å²) in [6.45, 7) is 4.69. The molecule has 0 aliphatic carbocycles. The first-order valence-electron chi connectivity index (χ1n) is 10.1. The van der Waals surface area contributed by atoms with Crippen molar-refractivity contribution < 1.29 is 18.1 Å². The molecule has 1 fully saturated rings. The average molecular weight is 447 g/mol. The van der Waals surface area contributed by atoms with Gasteiger partial charge in [-0.3, -0.25) is 19.8 Å². The maximum absolute atomic E-state index is 13.3. The van der Waals surface area contributed by atoms with Gasteiger partial charge in [0.2, 0.25) is 15.9 Å². The molecule has 1 heterocycles. The van der Waals surface area contributed by atoms with E-state index in [0.29, 0.717) is 13.1 Å². The molecule has 0 radical (unpaired) electrons. The third kappa shape index (κ3) is 5.27. The predicted octanol–water partition coefficient (Wildman–Crippen LogP) is 2.55. The molecule has 1 saturated heterocycles. The van der Waals surface area contributed by atoms with Gasteiger partial charge in [0.05, 0.1) is 10.7 Å². The number of nitrogens with one attached hydrogen (secondary N) is 1. The fraction of sp³-hybridized carbons (Fsp3) is 0.381. The molecular weight excluding hydrogens is 420 g/mol. The largest absolute Gasteiger partial charge is 0.319 e. The van der Waals surface area contributed by atoms with E-state index >= 15 is 0 Å². The Balaban J connectivity index is 1.86. The highest BCUT2D eigenvalue weighted by molar-refractivity contribution is 7.89. The summed E-state index contributed by atoms with van der Waals surface area (Å²) >= 11 is 0. The summed E-state index contributed by atoms with van der Waals surface area (Å²) < 4.78 is 25.8. The molecule has 0 saturated carbocycles. The smallest absolute Gasteiger partial charge is 0.293 e. The van der Waals surface area contributed by atoms with E-state index in [1.165, 1.54) is 16.4 Å². The minimum atomic E-state index is -3.29. The van der Waals surface area contributed by atoms with E-state index < -0.39 is 26.9 Å². The van der Waals surface area contributed by atoms with Crippen LogP contribution >= 0.6 is 0 Å². The van der Waals surface area contributed by atoms with Gasteiger partial charge in [0.15, 0.2) is 0 Å². The molecule has 31 heavy (non-hydrogen) atoms. The third-order valence-electron chi connectivity index (χ3n) is 5.37. The van der Waals surface area contributed by atoms with Gasteiger partial charge in [-0.15, -0.1) is 0 Å². The van der Waals surface area contributed by atoms with Crippen LogP contribution in [0.2, 0.25) is 0 Å². The van der Waals surface area contributed by atoms with Crippen molar-refractivity contribution in [2.45, 2.75) is 19.9 Å². The Labute approximate surface area is 181 Å². The normalized spacial score (nSPS) is 16.6. The maximum atomic E-state index is 13.3. The zero-order valence-corrected chi connectivity index (χ0v) is 18.3. The van der Waals surface area contributed by atoms with Crippen LogP contribution in [-0.4, -0.2) is 60.4 Å². The molecule has 1 aliphatic heterocycles. The Kier molecular flexibility index (Phi) is 7.04. The van der Waals surface area contributed by atoms with Crippen LogP contribution in [0.25, 0.3) is 0 Å². The van der Waals surface area contributed by atoms with Gasteiger partial charge in [0.25, 0.3) is 5.69 Å². The number of nitro benzene ring substituents is 1. The van der Waals surface area contributed by atoms with E-state index in [1.807, 2.05) is 35.2 Å². The minimum Gasteiger partial charge on any atom is -0.319 e. The Bertz CT molecular complexity index is 1050. The summed E-state index contributed by atoms with van der Waals surface area (Å²) in [5, 5.41) is 14.2. The zero-order valence-electron chi connectivity index (χ0n) is 17.5. The van der Waals surface area contributed by atoms with Gasteiger partial charge in [-0.2, -0.15) is 4.31 Å². The van der Waals surface area contributed by atoms with Gasteiger partial charge in [-0.1, -0.05) is 36.4 Å². The summed E-state index contributed by atoms with van der Waals surface area (Å²) in [7, 11) is -3.29. The summed E-state index contributed by atoms with van der Waals surface area (Å²) in [4.78, 5) is 26.1. The van der Waals surface area contributed by atoms with Crippen LogP contribution in [0.1, 0.15) is 24.1 Å². The Hall–Kier alpha value is -2.82. The number of hydrogen-bond donors (Lipinski definition) is 1. The van der Waals surface area contributed by atoms with Crippen molar-refractivity contribution in [3.8, 4) is 0 Å². The van der Waals surface area contributed by atoms with Crippen LogP contribution in [0.15, 0.2) is 48.5 Å². The fourth-order valence-corrected chi connectivity index (χ4v) is 4.77. The number of rotatable bonds is 7. The summed E-state index contributed by atoms with van der Waals surface area (Å²) in [6.07, 6.45) is 0. The quantitative estimate of drug-likeness (QED) is 0.517. The van der Waals surface area contributed by atoms with E-state index in [1.54, 1.807) is 19.9 Å². The standard InChI is InChI=1S/C21H26N4O5S/c1-3-31(29,30)24-13-11-23(12-14-24)20(17-7-5-4-6-8-17)21(26)22-18-10-9-16(2)15-19(18)25(27)28/h4-10,15,20H,3,11-14H2,1-2H3,(H,22,26). The Morgan fingerprint density at radius 2 is 1.77 bits per heavy atom. The molecule has 3 rings (SSSR count). The fourth-order valence-electron chi connectivity index (χ4n) is 3.69. The van der Waals surface area contributed by atoms with Gasteiger partial charge >= 0.3 is 0 Å². The summed E-state index contributed by atoms with van der Waals surface area (Å²) in [5.41, 5.74) is 1.42. The monoisotopic (exact) mass is 446 g/mol. The van der Waals surface area contributed by atoms with Crippen molar-refractivity contribution >= 4 is 27.3 Å². The lowest BCUT2D eigenvalue weighted by atomic mass is 10.0. The van der Waals surface area contributed by atoms with Gasteiger partial charge in [-0.05, 0) is 31.0 Å². The average Bonchev–Trinajstić information content (AvgIpc) is 2.76.